The monoisotopic (exact) mass is 330 g/mol. The second-order valence-electron chi connectivity index (χ2n) is 6.69. The van der Waals surface area contributed by atoms with Gasteiger partial charge < -0.3 is 9.64 Å². The highest BCUT2D eigenvalue weighted by Gasteiger charge is 2.32. The van der Waals surface area contributed by atoms with Crippen molar-refractivity contribution in [2.24, 2.45) is 5.92 Å². The maximum absolute atomic E-state index is 12.0. The van der Waals surface area contributed by atoms with Gasteiger partial charge in [0.1, 0.15) is 6.10 Å². The third-order valence-corrected chi connectivity index (χ3v) is 5.98. The fraction of sp³-hybridized carbons (Fsp3) is 0.556. The number of hydrogen-bond acceptors (Lipinski definition) is 5. The van der Waals surface area contributed by atoms with E-state index >= 15 is 0 Å². The van der Waals surface area contributed by atoms with Gasteiger partial charge in [-0.1, -0.05) is 42.7 Å². The predicted octanol–water partition coefficient (Wildman–Crippen LogP) is 4.00. The van der Waals surface area contributed by atoms with Gasteiger partial charge in [0.25, 0.3) is 0 Å². The highest BCUT2D eigenvalue weighted by molar-refractivity contribution is 7.22. The minimum Gasteiger partial charge on any atom is -0.459 e. The minimum atomic E-state index is -0.00847. The Hall–Kier alpha value is -1.62. The summed E-state index contributed by atoms with van der Waals surface area (Å²) < 4.78 is 6.82. The molecular formula is C18H22N2O2S. The van der Waals surface area contributed by atoms with Gasteiger partial charge in [-0.15, -0.1) is 0 Å². The van der Waals surface area contributed by atoms with Gasteiger partial charge in [-0.25, -0.2) is 4.98 Å². The molecule has 2 aromatic rings. The van der Waals surface area contributed by atoms with Crippen molar-refractivity contribution < 1.29 is 9.53 Å². The van der Waals surface area contributed by atoms with Crippen LogP contribution in [0.5, 0.6) is 0 Å². The van der Waals surface area contributed by atoms with Crippen LogP contribution in [0.3, 0.4) is 0 Å². The number of aromatic nitrogens is 1. The number of para-hydroxylation sites is 1. The Kier molecular flexibility index (Phi) is 4.21. The van der Waals surface area contributed by atoms with Crippen LogP contribution in [0.2, 0.25) is 0 Å². The van der Waals surface area contributed by atoms with E-state index in [1.807, 2.05) is 18.2 Å². The average molecular weight is 330 g/mol. The molecule has 0 atom stereocenters. The summed E-state index contributed by atoms with van der Waals surface area (Å²) in [6.45, 7) is 1.55. The summed E-state index contributed by atoms with van der Waals surface area (Å²) in [4.78, 5) is 18.9. The molecule has 2 fully saturated rings. The molecule has 5 heteroatoms. The highest BCUT2D eigenvalue weighted by Crippen LogP contribution is 2.32. The van der Waals surface area contributed by atoms with Gasteiger partial charge in [-0.3, -0.25) is 4.79 Å². The summed E-state index contributed by atoms with van der Waals surface area (Å²) in [5.41, 5.74) is 1.05. The van der Waals surface area contributed by atoms with Crippen LogP contribution in [-0.4, -0.2) is 30.1 Å². The van der Waals surface area contributed by atoms with Crippen LogP contribution in [0, 0.1) is 5.92 Å². The standard InChI is InChI=1S/C18H22N2O2S/c21-17(10-13-6-2-1-3-7-13)22-14-11-20(12-14)18-19-15-8-4-5-9-16(15)23-18/h4-5,8-9,13-14H,1-3,6-7,10-12H2. The number of nitrogens with zero attached hydrogens (tertiary/aromatic N) is 2. The first kappa shape index (κ1) is 14.9. The largest absolute Gasteiger partial charge is 0.459 e. The Morgan fingerprint density at radius 3 is 2.78 bits per heavy atom. The molecule has 0 unspecified atom stereocenters. The molecule has 1 aliphatic heterocycles. The molecule has 1 saturated heterocycles. The van der Waals surface area contributed by atoms with E-state index in [4.69, 9.17) is 4.74 Å². The van der Waals surface area contributed by atoms with Crippen LogP contribution in [0.15, 0.2) is 24.3 Å². The second kappa shape index (κ2) is 6.48. The zero-order valence-electron chi connectivity index (χ0n) is 13.2. The van der Waals surface area contributed by atoms with Gasteiger partial charge in [0.15, 0.2) is 5.13 Å². The first-order chi connectivity index (χ1) is 11.3. The first-order valence-electron chi connectivity index (χ1n) is 8.58. The summed E-state index contributed by atoms with van der Waals surface area (Å²) in [7, 11) is 0. The normalized spacial score (nSPS) is 19.7. The smallest absolute Gasteiger partial charge is 0.306 e. The Labute approximate surface area is 140 Å². The second-order valence-corrected chi connectivity index (χ2v) is 7.70. The summed E-state index contributed by atoms with van der Waals surface area (Å²) >= 11 is 1.70. The minimum absolute atomic E-state index is 0.00847. The molecule has 1 aromatic heterocycles. The number of fused-ring (bicyclic) bond motifs is 1. The molecule has 122 valence electrons. The van der Waals surface area contributed by atoms with Crippen molar-refractivity contribution in [1.82, 2.24) is 4.98 Å². The molecule has 0 spiro atoms. The van der Waals surface area contributed by atoms with Crippen molar-refractivity contribution in [3.63, 3.8) is 0 Å². The van der Waals surface area contributed by atoms with Gasteiger partial charge >= 0.3 is 5.97 Å². The fourth-order valence-corrected chi connectivity index (χ4v) is 4.51. The molecule has 0 N–H and O–H groups in total. The lowest BCUT2D eigenvalue weighted by Crippen LogP contribution is -2.53. The lowest BCUT2D eigenvalue weighted by molar-refractivity contribution is -0.151. The van der Waals surface area contributed by atoms with Gasteiger partial charge in [0.2, 0.25) is 0 Å². The molecule has 0 amide bonds. The van der Waals surface area contributed by atoms with E-state index in [0.29, 0.717) is 12.3 Å². The van der Waals surface area contributed by atoms with E-state index in [1.54, 1.807) is 11.3 Å². The lowest BCUT2D eigenvalue weighted by atomic mass is 9.87. The molecule has 1 aliphatic carbocycles. The molecule has 4 rings (SSSR count). The highest BCUT2D eigenvalue weighted by atomic mass is 32.1. The number of esters is 1. The Morgan fingerprint density at radius 1 is 1.22 bits per heavy atom. The van der Waals surface area contributed by atoms with Crippen molar-refractivity contribution in [1.29, 1.82) is 0 Å². The Morgan fingerprint density at radius 2 is 2.00 bits per heavy atom. The summed E-state index contributed by atoms with van der Waals surface area (Å²) in [6, 6.07) is 8.18. The van der Waals surface area contributed by atoms with Gasteiger partial charge in [0, 0.05) is 6.42 Å². The average Bonchev–Trinajstić information content (AvgIpc) is 2.94. The third-order valence-electron chi connectivity index (χ3n) is 4.88. The van der Waals surface area contributed by atoms with Crippen LogP contribution in [-0.2, 0) is 9.53 Å². The van der Waals surface area contributed by atoms with Crippen molar-refractivity contribution in [3.05, 3.63) is 24.3 Å². The van der Waals surface area contributed by atoms with Crippen LogP contribution >= 0.6 is 11.3 Å². The molecule has 1 saturated carbocycles. The summed E-state index contributed by atoms with van der Waals surface area (Å²) in [5.74, 6) is 0.544. The maximum Gasteiger partial charge on any atom is 0.306 e. The molecule has 0 radical (unpaired) electrons. The molecule has 1 aromatic carbocycles. The topological polar surface area (TPSA) is 42.4 Å². The number of carbonyl (C=O) groups excluding carboxylic acids is 1. The number of carbonyl (C=O) groups is 1. The predicted molar refractivity (Wildman–Crippen MR) is 92.9 cm³/mol. The van der Waals surface area contributed by atoms with Gasteiger partial charge in [0.05, 0.1) is 23.3 Å². The lowest BCUT2D eigenvalue weighted by Gasteiger charge is -2.38. The van der Waals surface area contributed by atoms with Crippen LogP contribution < -0.4 is 4.90 Å². The van der Waals surface area contributed by atoms with Crippen LogP contribution in [0.4, 0.5) is 5.13 Å². The van der Waals surface area contributed by atoms with Crippen LogP contribution in [0.25, 0.3) is 10.2 Å². The number of ether oxygens (including phenoxy) is 1. The first-order valence-corrected chi connectivity index (χ1v) is 9.39. The molecule has 4 nitrogen and oxygen atoms in total. The van der Waals surface area contributed by atoms with Gasteiger partial charge in [-0.05, 0) is 30.9 Å². The van der Waals surface area contributed by atoms with E-state index < -0.39 is 0 Å². The van der Waals surface area contributed by atoms with E-state index in [0.717, 1.165) is 23.7 Å². The maximum atomic E-state index is 12.0. The van der Waals surface area contributed by atoms with Crippen LogP contribution in [0.1, 0.15) is 38.5 Å². The summed E-state index contributed by atoms with van der Waals surface area (Å²) in [5, 5.41) is 1.03. The zero-order chi connectivity index (χ0) is 15.6. The Balaban J connectivity index is 1.27. The van der Waals surface area contributed by atoms with Gasteiger partial charge in [-0.2, -0.15) is 0 Å². The Bertz CT molecular complexity index is 654. The zero-order valence-corrected chi connectivity index (χ0v) is 14.1. The number of thiazole rings is 1. The van der Waals surface area contributed by atoms with E-state index in [2.05, 4.69) is 16.0 Å². The fourth-order valence-electron chi connectivity index (χ4n) is 3.53. The number of anilines is 1. The third kappa shape index (κ3) is 3.34. The van der Waals surface area contributed by atoms with Crippen molar-refractivity contribution >= 4 is 32.7 Å². The molecule has 2 aliphatic rings. The number of hydrogen-bond donors (Lipinski definition) is 0. The van der Waals surface area contributed by atoms with E-state index in [1.165, 1.54) is 36.8 Å². The molecule has 2 heterocycles. The summed E-state index contributed by atoms with van der Waals surface area (Å²) in [6.07, 6.45) is 6.90. The SMILES string of the molecule is O=C(CC1CCCCC1)OC1CN(c2nc3ccccc3s2)C1. The molecule has 0 bridgehead atoms. The number of benzene rings is 1. The number of rotatable bonds is 4. The molecular weight excluding hydrogens is 308 g/mol. The van der Waals surface area contributed by atoms with E-state index in [-0.39, 0.29) is 12.1 Å². The van der Waals surface area contributed by atoms with Crippen molar-refractivity contribution in [2.45, 2.75) is 44.6 Å². The van der Waals surface area contributed by atoms with Crippen molar-refractivity contribution in [3.8, 4) is 0 Å². The van der Waals surface area contributed by atoms with E-state index in [9.17, 15) is 4.79 Å². The molecule has 23 heavy (non-hydrogen) atoms. The van der Waals surface area contributed by atoms with Crippen molar-refractivity contribution in [2.75, 3.05) is 18.0 Å². The quantitative estimate of drug-likeness (QED) is 0.795.